The molecule has 8 nitrogen and oxygen atoms in total. The van der Waals surface area contributed by atoms with E-state index in [9.17, 15) is 18.0 Å². The van der Waals surface area contributed by atoms with Crippen molar-refractivity contribution >= 4 is 5.52 Å². The zero-order valence-corrected chi connectivity index (χ0v) is 23.0. The van der Waals surface area contributed by atoms with E-state index in [0.717, 1.165) is 38.5 Å². The molecule has 2 aromatic heterocycles. The van der Waals surface area contributed by atoms with Gasteiger partial charge in [-0.05, 0) is 81.8 Å². The summed E-state index contributed by atoms with van der Waals surface area (Å²) in [6, 6.07) is 0.933. The Morgan fingerprint density at radius 3 is 2.77 bits per heavy atom. The molecule has 4 atom stereocenters. The van der Waals surface area contributed by atoms with E-state index in [1.54, 1.807) is 6.20 Å². The van der Waals surface area contributed by atoms with Crippen molar-refractivity contribution in [2.24, 2.45) is 16.7 Å². The third-order valence-corrected chi connectivity index (χ3v) is 10.4. The fourth-order valence-electron chi connectivity index (χ4n) is 8.50. The molecule has 5 fully saturated rings. The van der Waals surface area contributed by atoms with Crippen molar-refractivity contribution in [3.63, 3.8) is 0 Å². The Bertz CT molecular complexity index is 1430. The number of hydrazine groups is 1. The molecule has 2 N–H and O–H groups in total. The fraction of sp³-hybridized carbons (Fsp3) is 0.759. The number of rotatable bonds is 5. The highest BCUT2D eigenvalue weighted by atomic mass is 19.4. The third kappa shape index (κ3) is 4.52. The van der Waals surface area contributed by atoms with E-state index in [4.69, 9.17) is 8.85 Å². The summed E-state index contributed by atoms with van der Waals surface area (Å²) in [6.07, 6.45) is 5.30. The quantitative estimate of drug-likeness (QED) is 0.573. The average Bonchev–Trinajstić information content (AvgIpc) is 3.40. The maximum Gasteiger partial charge on any atom is 0.418 e. The summed E-state index contributed by atoms with van der Waals surface area (Å²) in [6.45, 7) is 1.98. The van der Waals surface area contributed by atoms with Gasteiger partial charge in [-0.3, -0.25) is 18.8 Å². The Labute approximate surface area is 237 Å². The number of hydrogen-bond donors (Lipinski definition) is 2. The van der Waals surface area contributed by atoms with E-state index >= 15 is 0 Å². The molecule has 2 saturated heterocycles. The number of fused-ring (bicyclic) bond motifs is 1. The molecule has 7 rings (SSSR count). The third-order valence-electron chi connectivity index (χ3n) is 10.4. The minimum atomic E-state index is -4.61. The van der Waals surface area contributed by atoms with Gasteiger partial charge in [0, 0.05) is 47.6 Å². The van der Waals surface area contributed by atoms with Crippen LogP contribution in [0.2, 0.25) is 0 Å². The highest BCUT2D eigenvalue weighted by molar-refractivity contribution is 5.56. The Morgan fingerprint density at radius 2 is 2.05 bits per heavy atom. The van der Waals surface area contributed by atoms with Gasteiger partial charge in [0.2, 0.25) is 0 Å². The minimum Gasteiger partial charge on any atom is -0.376 e. The van der Waals surface area contributed by atoms with E-state index < -0.39 is 24.4 Å². The average molecular weight is 566 g/mol. The van der Waals surface area contributed by atoms with Crippen molar-refractivity contribution in [3.8, 4) is 0 Å². The van der Waals surface area contributed by atoms with Gasteiger partial charge in [-0.1, -0.05) is 6.42 Å². The van der Waals surface area contributed by atoms with Crippen LogP contribution in [0.15, 0.2) is 23.3 Å². The molecule has 3 unspecified atom stereocenters. The number of hydrogen-bond acceptors (Lipinski definition) is 6. The molecular weight excluding hydrogens is 521 g/mol. The van der Waals surface area contributed by atoms with Crippen LogP contribution in [0.5, 0.6) is 0 Å². The number of pyridine rings is 1. The van der Waals surface area contributed by atoms with Gasteiger partial charge in [-0.2, -0.15) is 13.2 Å². The Kier molecular flexibility index (Phi) is 5.64. The van der Waals surface area contributed by atoms with Crippen molar-refractivity contribution < 1.29 is 22.0 Å². The molecular formula is C29H41F3N6O2. The second kappa shape index (κ2) is 9.55. The second-order valence-corrected chi connectivity index (χ2v) is 13.2. The van der Waals surface area contributed by atoms with E-state index in [-0.39, 0.29) is 41.8 Å². The summed E-state index contributed by atoms with van der Waals surface area (Å²) in [7, 11) is 0. The maximum atomic E-state index is 14.4. The van der Waals surface area contributed by atoms with Crippen LogP contribution in [0.1, 0.15) is 79.6 Å². The summed E-state index contributed by atoms with van der Waals surface area (Å²) in [5.74, 6) is 0.149. The lowest BCUT2D eigenvalue weighted by atomic mass is 9.49. The molecule has 2 aliphatic heterocycles. The Balaban J connectivity index is 1.20. The number of nitrogens with zero attached hydrogens (tertiary/aromatic N) is 4. The molecule has 3 saturated carbocycles. The van der Waals surface area contributed by atoms with Crippen molar-refractivity contribution in [1.82, 2.24) is 29.6 Å². The molecule has 11 heteroatoms. The zero-order chi connectivity index (χ0) is 30.4. The van der Waals surface area contributed by atoms with Crippen LogP contribution < -0.4 is 16.5 Å². The van der Waals surface area contributed by atoms with Gasteiger partial charge in [-0.15, -0.1) is 0 Å². The fourth-order valence-corrected chi connectivity index (χ4v) is 8.50. The molecule has 1 spiro atoms. The first-order valence-corrected chi connectivity index (χ1v) is 14.7. The molecule has 220 valence electrons. The summed E-state index contributed by atoms with van der Waals surface area (Å²) in [4.78, 5) is 17.4. The first-order chi connectivity index (χ1) is 20.3. The first-order valence-electron chi connectivity index (χ1n) is 16.2. The molecule has 0 radical (unpaired) electrons. The van der Waals surface area contributed by atoms with Crippen LogP contribution in [-0.2, 0) is 17.5 Å². The van der Waals surface area contributed by atoms with Gasteiger partial charge in [0.15, 0.2) is 0 Å². The van der Waals surface area contributed by atoms with Gasteiger partial charge in [-0.25, -0.2) is 15.6 Å². The van der Waals surface area contributed by atoms with Gasteiger partial charge in [0.25, 0.3) is 0 Å². The highest BCUT2D eigenvalue weighted by Gasteiger charge is 2.67. The van der Waals surface area contributed by atoms with Gasteiger partial charge < -0.3 is 4.74 Å². The standard InChI is InChI=1S/C29H41F3N6O2/c1-19-12-36(8-9-40-19)13-20-10-23(29(30,31)32)24-15-37(26(39)38(24)14-20)22-5-3-4-21(11-22)28(16-27(17-28)6-7-27)25-34-33-18-35(25)2/h10,14-15,19,21-22,25,33-34H,3-9,11-13,16-18H2,1-2H3/t19-,21?,22?,25?/m1/s1/i2D3. The summed E-state index contributed by atoms with van der Waals surface area (Å²) >= 11 is 0. The number of halogens is 3. The topological polar surface area (TPSA) is 66.2 Å². The molecule has 5 aliphatic rings. The zero-order valence-electron chi connectivity index (χ0n) is 26.0. The highest BCUT2D eigenvalue weighted by Crippen LogP contribution is 2.73. The largest absolute Gasteiger partial charge is 0.418 e. The van der Waals surface area contributed by atoms with Gasteiger partial charge in [0.1, 0.15) is 0 Å². The number of aromatic nitrogens is 2. The van der Waals surface area contributed by atoms with Crippen molar-refractivity contribution in [3.05, 3.63) is 40.1 Å². The number of alkyl halides is 3. The monoisotopic (exact) mass is 565 g/mol. The molecule has 2 aromatic rings. The summed E-state index contributed by atoms with van der Waals surface area (Å²) in [5, 5.41) is 0. The summed E-state index contributed by atoms with van der Waals surface area (Å²) < 4.78 is 75.8. The number of ether oxygens (including phenoxy) is 1. The lowest BCUT2D eigenvalue weighted by Crippen LogP contribution is -2.61. The second-order valence-electron chi connectivity index (χ2n) is 13.2. The number of morpholine rings is 1. The lowest BCUT2D eigenvalue weighted by Gasteiger charge is -2.59. The first kappa shape index (κ1) is 23.6. The molecule has 0 amide bonds. The lowest BCUT2D eigenvalue weighted by molar-refractivity contribution is -0.136. The van der Waals surface area contributed by atoms with E-state index in [1.165, 1.54) is 26.1 Å². The SMILES string of the molecule is [2H]C([2H])([2H])N1CNNC1C1(C2CCCC(n3cc4c(C(F)(F)F)cc(CN5CCO[C@H](C)C5)cn4c3=O)C2)CC2(CC2)C1. The van der Waals surface area contributed by atoms with E-state index in [1.807, 2.05) is 6.92 Å². The molecule has 3 aliphatic carbocycles. The van der Waals surface area contributed by atoms with Crippen molar-refractivity contribution in [1.29, 1.82) is 0 Å². The van der Waals surface area contributed by atoms with Crippen molar-refractivity contribution in [2.75, 3.05) is 33.3 Å². The molecule has 4 heterocycles. The van der Waals surface area contributed by atoms with E-state index in [0.29, 0.717) is 50.1 Å². The maximum absolute atomic E-state index is 14.4. The minimum absolute atomic E-state index is 0.00145. The Hall–Kier alpha value is -1.92. The van der Waals surface area contributed by atoms with Crippen LogP contribution in [0, 0.1) is 16.7 Å². The molecule has 0 bridgehead atoms. The smallest absolute Gasteiger partial charge is 0.376 e. The van der Waals surface area contributed by atoms with Crippen LogP contribution in [0.4, 0.5) is 13.2 Å². The normalized spacial score (nSPS) is 34.0. The predicted octanol–water partition coefficient (Wildman–Crippen LogP) is 3.96. The van der Waals surface area contributed by atoms with Crippen LogP contribution >= 0.6 is 0 Å². The van der Waals surface area contributed by atoms with Gasteiger partial charge in [0.05, 0.1) is 36.6 Å². The number of imidazole rings is 1. The van der Waals surface area contributed by atoms with E-state index in [2.05, 4.69) is 15.8 Å². The van der Waals surface area contributed by atoms with Crippen molar-refractivity contribution in [2.45, 2.75) is 89.3 Å². The summed E-state index contributed by atoms with van der Waals surface area (Å²) in [5.41, 5.74) is 5.45. The van der Waals surface area contributed by atoms with Crippen LogP contribution in [0.25, 0.3) is 5.52 Å². The number of nitrogens with one attached hydrogen (secondary N) is 2. The molecule has 40 heavy (non-hydrogen) atoms. The van der Waals surface area contributed by atoms with Crippen LogP contribution in [-0.4, -0.2) is 64.4 Å². The van der Waals surface area contributed by atoms with Gasteiger partial charge >= 0.3 is 11.9 Å². The Morgan fingerprint density at radius 1 is 1.23 bits per heavy atom. The predicted molar refractivity (Wildman–Crippen MR) is 144 cm³/mol. The molecule has 0 aromatic carbocycles. The van der Waals surface area contributed by atoms with Crippen LogP contribution in [0.3, 0.4) is 0 Å².